The monoisotopic (exact) mass is 270 g/mol. The van der Waals surface area contributed by atoms with Crippen LogP contribution in [0, 0.1) is 19.8 Å². The lowest BCUT2D eigenvalue weighted by Gasteiger charge is -2.14. The van der Waals surface area contributed by atoms with Crippen LogP contribution in [-0.4, -0.2) is 15.0 Å². The van der Waals surface area contributed by atoms with Crippen molar-refractivity contribution in [3.8, 4) is 0 Å². The summed E-state index contributed by atoms with van der Waals surface area (Å²) in [5.41, 5.74) is 7.78. The van der Waals surface area contributed by atoms with Gasteiger partial charge in [-0.15, -0.1) is 0 Å². The summed E-state index contributed by atoms with van der Waals surface area (Å²) >= 11 is 0. The molecule has 0 spiro atoms. The van der Waals surface area contributed by atoms with Gasteiger partial charge in [-0.1, -0.05) is 20.3 Å². The van der Waals surface area contributed by atoms with Crippen molar-refractivity contribution in [3.63, 3.8) is 0 Å². The van der Waals surface area contributed by atoms with Crippen molar-refractivity contribution in [2.75, 3.05) is 12.3 Å². The fraction of sp³-hybridized carbons (Fsp3) is 0.538. The van der Waals surface area contributed by atoms with Crippen molar-refractivity contribution >= 4 is 15.7 Å². The number of anilines is 1. The number of nitrogens with one attached hydrogen (secondary N) is 1. The number of hydrogen-bond acceptors (Lipinski definition) is 3. The Balaban J connectivity index is 3.05. The number of rotatable bonds is 5. The normalized spacial score (nSPS) is 13.6. The van der Waals surface area contributed by atoms with Gasteiger partial charge in [-0.2, -0.15) is 0 Å². The molecule has 1 unspecified atom stereocenters. The molecule has 0 radical (unpaired) electrons. The summed E-state index contributed by atoms with van der Waals surface area (Å²) in [5.74, 6) is 0.322. The van der Waals surface area contributed by atoms with Crippen LogP contribution in [0.1, 0.15) is 31.4 Å². The van der Waals surface area contributed by atoms with E-state index in [-0.39, 0.29) is 4.90 Å². The van der Waals surface area contributed by atoms with Gasteiger partial charge in [0.05, 0.1) is 4.90 Å². The summed E-state index contributed by atoms with van der Waals surface area (Å²) in [6.45, 7) is 8.07. The van der Waals surface area contributed by atoms with Crippen molar-refractivity contribution in [2.24, 2.45) is 5.92 Å². The van der Waals surface area contributed by atoms with Crippen LogP contribution in [0.25, 0.3) is 0 Å². The minimum absolute atomic E-state index is 0.281. The van der Waals surface area contributed by atoms with E-state index in [4.69, 9.17) is 5.73 Å². The molecule has 0 aliphatic heterocycles. The molecule has 1 rings (SSSR count). The lowest BCUT2D eigenvalue weighted by atomic mass is 10.1. The minimum Gasteiger partial charge on any atom is -0.398 e. The standard InChI is InChI=1S/C13H22N2O2S/c1-5-9(2)8-15-18(16,17)13-7-10(3)6-12(14)11(13)4/h6-7,9,15H,5,8,14H2,1-4H3. The SMILES string of the molecule is CCC(C)CNS(=O)(=O)c1cc(C)cc(N)c1C. The first-order valence-corrected chi connectivity index (χ1v) is 7.62. The maximum atomic E-state index is 12.2. The number of aryl methyl sites for hydroxylation is 1. The molecular formula is C13H22N2O2S. The van der Waals surface area contributed by atoms with Crippen molar-refractivity contribution < 1.29 is 8.42 Å². The maximum Gasteiger partial charge on any atom is 0.240 e. The van der Waals surface area contributed by atoms with E-state index in [1.54, 1.807) is 19.1 Å². The van der Waals surface area contributed by atoms with Crippen LogP contribution in [0.2, 0.25) is 0 Å². The van der Waals surface area contributed by atoms with Gasteiger partial charge >= 0.3 is 0 Å². The fourth-order valence-electron chi connectivity index (χ4n) is 1.61. The average Bonchev–Trinajstić information content (AvgIpc) is 2.30. The van der Waals surface area contributed by atoms with Crippen LogP contribution in [-0.2, 0) is 10.0 Å². The second kappa shape index (κ2) is 5.71. The first-order valence-electron chi connectivity index (χ1n) is 6.14. The van der Waals surface area contributed by atoms with Crippen molar-refractivity contribution in [1.82, 2.24) is 4.72 Å². The van der Waals surface area contributed by atoms with E-state index in [0.29, 0.717) is 23.7 Å². The lowest BCUT2D eigenvalue weighted by molar-refractivity contribution is 0.528. The fourth-order valence-corrected chi connectivity index (χ4v) is 3.13. The van der Waals surface area contributed by atoms with Crippen molar-refractivity contribution in [1.29, 1.82) is 0 Å². The van der Waals surface area contributed by atoms with E-state index >= 15 is 0 Å². The molecule has 0 aromatic heterocycles. The zero-order valence-corrected chi connectivity index (χ0v) is 12.3. The highest BCUT2D eigenvalue weighted by atomic mass is 32.2. The van der Waals surface area contributed by atoms with Gasteiger partial charge in [-0.25, -0.2) is 13.1 Å². The van der Waals surface area contributed by atoms with Gasteiger partial charge < -0.3 is 5.73 Å². The smallest absolute Gasteiger partial charge is 0.240 e. The van der Waals surface area contributed by atoms with E-state index in [1.807, 2.05) is 20.8 Å². The summed E-state index contributed by atoms with van der Waals surface area (Å²) in [7, 11) is -3.47. The quantitative estimate of drug-likeness (QED) is 0.806. The Bertz CT molecular complexity index is 524. The molecule has 0 aliphatic rings. The minimum atomic E-state index is -3.47. The Morgan fingerprint density at radius 2 is 1.94 bits per heavy atom. The number of nitrogens with two attached hydrogens (primary N) is 1. The molecule has 18 heavy (non-hydrogen) atoms. The molecule has 0 aliphatic carbocycles. The van der Waals surface area contributed by atoms with Crippen LogP contribution >= 0.6 is 0 Å². The van der Waals surface area contributed by atoms with Gasteiger partial charge in [-0.3, -0.25) is 0 Å². The molecular weight excluding hydrogens is 248 g/mol. The third kappa shape index (κ3) is 3.46. The lowest BCUT2D eigenvalue weighted by Crippen LogP contribution is -2.29. The molecule has 0 amide bonds. The van der Waals surface area contributed by atoms with E-state index in [2.05, 4.69) is 4.72 Å². The first kappa shape index (κ1) is 15.0. The molecule has 102 valence electrons. The molecule has 0 heterocycles. The summed E-state index contributed by atoms with van der Waals surface area (Å²) in [6.07, 6.45) is 0.942. The number of sulfonamides is 1. The zero-order valence-electron chi connectivity index (χ0n) is 11.4. The highest BCUT2D eigenvalue weighted by molar-refractivity contribution is 7.89. The van der Waals surface area contributed by atoms with Crippen LogP contribution in [0.4, 0.5) is 5.69 Å². The Morgan fingerprint density at radius 3 is 2.50 bits per heavy atom. The van der Waals surface area contributed by atoms with Crippen LogP contribution in [0.15, 0.2) is 17.0 Å². The van der Waals surface area contributed by atoms with Gasteiger partial charge in [0.1, 0.15) is 0 Å². The second-order valence-corrected chi connectivity index (χ2v) is 6.58. The highest BCUT2D eigenvalue weighted by Gasteiger charge is 2.19. The van der Waals surface area contributed by atoms with Gasteiger partial charge in [0.15, 0.2) is 0 Å². The Kier molecular flexibility index (Phi) is 4.76. The Hall–Kier alpha value is -1.07. The number of nitrogen functional groups attached to an aromatic ring is 1. The van der Waals surface area contributed by atoms with E-state index in [1.165, 1.54) is 0 Å². The van der Waals surface area contributed by atoms with E-state index in [0.717, 1.165) is 12.0 Å². The predicted molar refractivity (Wildman–Crippen MR) is 75.0 cm³/mol. The van der Waals surface area contributed by atoms with Crippen LogP contribution in [0.5, 0.6) is 0 Å². The van der Waals surface area contributed by atoms with Crippen molar-refractivity contribution in [3.05, 3.63) is 23.3 Å². The summed E-state index contributed by atoms with van der Waals surface area (Å²) in [4.78, 5) is 0.281. The number of hydrogen-bond donors (Lipinski definition) is 2. The van der Waals surface area contributed by atoms with Crippen LogP contribution in [0.3, 0.4) is 0 Å². The molecule has 1 aromatic rings. The Morgan fingerprint density at radius 1 is 1.33 bits per heavy atom. The molecule has 0 saturated heterocycles. The summed E-state index contributed by atoms with van der Waals surface area (Å²) < 4.78 is 27.1. The summed E-state index contributed by atoms with van der Waals surface area (Å²) in [5, 5.41) is 0. The van der Waals surface area contributed by atoms with Crippen LogP contribution < -0.4 is 10.5 Å². The molecule has 3 N–H and O–H groups in total. The third-order valence-corrected chi connectivity index (χ3v) is 4.70. The van der Waals surface area contributed by atoms with Gasteiger partial charge in [-0.05, 0) is 43.0 Å². The van der Waals surface area contributed by atoms with E-state index in [9.17, 15) is 8.42 Å². The number of benzene rings is 1. The molecule has 1 aromatic carbocycles. The van der Waals surface area contributed by atoms with Gasteiger partial charge in [0, 0.05) is 12.2 Å². The maximum absolute atomic E-state index is 12.2. The summed E-state index contributed by atoms with van der Waals surface area (Å²) in [6, 6.07) is 3.44. The largest absolute Gasteiger partial charge is 0.398 e. The topological polar surface area (TPSA) is 72.2 Å². The third-order valence-electron chi connectivity index (χ3n) is 3.15. The second-order valence-electron chi connectivity index (χ2n) is 4.84. The highest BCUT2D eigenvalue weighted by Crippen LogP contribution is 2.22. The van der Waals surface area contributed by atoms with Gasteiger partial charge in [0.2, 0.25) is 10.0 Å². The van der Waals surface area contributed by atoms with Gasteiger partial charge in [0.25, 0.3) is 0 Å². The molecule has 0 saturated carbocycles. The Labute approximate surface area is 110 Å². The molecule has 0 fully saturated rings. The average molecular weight is 270 g/mol. The van der Waals surface area contributed by atoms with Crippen molar-refractivity contribution in [2.45, 2.75) is 39.0 Å². The van der Waals surface area contributed by atoms with E-state index < -0.39 is 10.0 Å². The molecule has 4 nitrogen and oxygen atoms in total. The first-order chi connectivity index (χ1) is 8.27. The molecule has 1 atom stereocenters. The zero-order chi connectivity index (χ0) is 13.9. The molecule has 5 heteroatoms. The predicted octanol–water partition coefficient (Wildman–Crippen LogP) is 2.21. The molecule has 0 bridgehead atoms.